The van der Waals surface area contributed by atoms with Crippen molar-refractivity contribution in [3.8, 4) is 11.5 Å². The second-order valence-electron chi connectivity index (χ2n) is 6.79. The number of rotatable bonds is 7. The number of methoxy groups -OCH3 is 2. The number of nitrogens with zero attached hydrogens (tertiary/aromatic N) is 1. The molecule has 2 aromatic rings. The maximum absolute atomic E-state index is 13.2. The number of amides is 1. The molecule has 1 aliphatic heterocycles. The van der Waals surface area contributed by atoms with Gasteiger partial charge < -0.3 is 14.4 Å². The molecule has 0 unspecified atom stereocenters. The molecule has 0 aromatic heterocycles. The average molecular weight is 419 g/mol. The van der Waals surface area contributed by atoms with E-state index in [2.05, 4.69) is 4.72 Å². The lowest BCUT2D eigenvalue weighted by Crippen LogP contribution is -2.31. The van der Waals surface area contributed by atoms with E-state index in [-0.39, 0.29) is 23.4 Å². The molecule has 1 amide bonds. The number of likely N-dealkylation sites (tertiary alicyclic amines) is 1. The Morgan fingerprint density at radius 2 is 1.97 bits per heavy atom. The van der Waals surface area contributed by atoms with Crippen molar-refractivity contribution in [2.45, 2.75) is 30.7 Å². The first-order chi connectivity index (χ1) is 13.9. The van der Waals surface area contributed by atoms with Gasteiger partial charge in [-0.1, -0.05) is 13.0 Å². The highest BCUT2D eigenvalue weighted by Gasteiger charge is 2.33. The number of nitrogens with one attached hydrogen (secondary N) is 1. The van der Waals surface area contributed by atoms with Gasteiger partial charge in [-0.15, -0.1) is 0 Å². The zero-order valence-corrected chi connectivity index (χ0v) is 17.7. The molecule has 29 heavy (non-hydrogen) atoms. The van der Waals surface area contributed by atoms with Crippen LogP contribution in [0.3, 0.4) is 0 Å². The third-order valence-corrected chi connectivity index (χ3v) is 6.58. The largest absolute Gasteiger partial charge is 0.497 e. The SMILES string of the molecule is CCNS(=O)(=O)c1cccc(C(=O)N2CCC[C@H]2c2ccc(OC)cc2OC)c1. The number of hydrogen-bond donors (Lipinski definition) is 1. The summed E-state index contributed by atoms with van der Waals surface area (Å²) in [5.41, 5.74) is 1.26. The molecule has 0 bridgehead atoms. The van der Waals surface area contributed by atoms with E-state index in [1.54, 1.807) is 44.2 Å². The minimum atomic E-state index is -3.63. The van der Waals surface area contributed by atoms with Crippen LogP contribution in [0, 0.1) is 0 Å². The molecule has 3 rings (SSSR count). The van der Waals surface area contributed by atoms with Gasteiger partial charge in [0.15, 0.2) is 0 Å². The van der Waals surface area contributed by atoms with Crippen molar-refractivity contribution in [3.05, 3.63) is 53.6 Å². The minimum Gasteiger partial charge on any atom is -0.497 e. The van der Waals surface area contributed by atoms with Crippen LogP contribution in [0.15, 0.2) is 47.4 Å². The zero-order chi connectivity index (χ0) is 21.0. The van der Waals surface area contributed by atoms with Gasteiger partial charge in [0.1, 0.15) is 11.5 Å². The van der Waals surface area contributed by atoms with Crippen molar-refractivity contribution < 1.29 is 22.7 Å². The van der Waals surface area contributed by atoms with Gasteiger partial charge in [0.25, 0.3) is 5.91 Å². The van der Waals surface area contributed by atoms with Crippen LogP contribution in [0.25, 0.3) is 0 Å². The molecule has 1 saturated heterocycles. The van der Waals surface area contributed by atoms with Crippen LogP contribution in [0.5, 0.6) is 11.5 Å². The van der Waals surface area contributed by atoms with Gasteiger partial charge in [-0.25, -0.2) is 13.1 Å². The molecule has 2 aromatic carbocycles. The first-order valence-corrected chi connectivity index (χ1v) is 11.0. The highest BCUT2D eigenvalue weighted by molar-refractivity contribution is 7.89. The van der Waals surface area contributed by atoms with Crippen molar-refractivity contribution in [1.29, 1.82) is 0 Å². The summed E-state index contributed by atoms with van der Waals surface area (Å²) >= 11 is 0. The molecular weight excluding hydrogens is 392 g/mol. The van der Waals surface area contributed by atoms with Crippen LogP contribution in [0.1, 0.15) is 41.7 Å². The Morgan fingerprint density at radius 3 is 2.66 bits per heavy atom. The topological polar surface area (TPSA) is 84.9 Å². The molecular formula is C21H26N2O5S. The van der Waals surface area contributed by atoms with Crippen LogP contribution in [0.2, 0.25) is 0 Å². The monoisotopic (exact) mass is 418 g/mol. The quantitative estimate of drug-likeness (QED) is 0.747. The molecule has 1 fully saturated rings. The summed E-state index contributed by atoms with van der Waals surface area (Å²) in [6.07, 6.45) is 1.67. The van der Waals surface area contributed by atoms with E-state index in [0.29, 0.717) is 23.6 Å². The summed E-state index contributed by atoms with van der Waals surface area (Å²) < 4.78 is 37.8. The lowest BCUT2D eigenvalue weighted by Gasteiger charge is -2.27. The molecule has 1 N–H and O–H groups in total. The Bertz CT molecular complexity index is 990. The first kappa shape index (κ1) is 21.1. The fourth-order valence-electron chi connectivity index (χ4n) is 3.66. The molecule has 0 saturated carbocycles. The number of carbonyl (C=O) groups is 1. The molecule has 8 heteroatoms. The highest BCUT2D eigenvalue weighted by Crippen LogP contribution is 2.39. The maximum atomic E-state index is 13.2. The molecule has 7 nitrogen and oxygen atoms in total. The normalized spacial score (nSPS) is 16.7. The van der Waals surface area contributed by atoms with Crippen LogP contribution >= 0.6 is 0 Å². The molecule has 1 heterocycles. The fraction of sp³-hybridized carbons (Fsp3) is 0.381. The Hall–Kier alpha value is -2.58. The maximum Gasteiger partial charge on any atom is 0.254 e. The summed E-state index contributed by atoms with van der Waals surface area (Å²) in [7, 11) is -0.445. The third-order valence-electron chi connectivity index (χ3n) is 5.04. The van der Waals surface area contributed by atoms with E-state index in [1.807, 2.05) is 12.1 Å². The molecule has 1 aliphatic rings. The summed E-state index contributed by atoms with van der Waals surface area (Å²) in [6.45, 7) is 2.60. The van der Waals surface area contributed by atoms with E-state index < -0.39 is 10.0 Å². The van der Waals surface area contributed by atoms with Crippen molar-refractivity contribution in [3.63, 3.8) is 0 Å². The van der Waals surface area contributed by atoms with Crippen LogP contribution in [-0.4, -0.2) is 46.5 Å². The van der Waals surface area contributed by atoms with Crippen molar-refractivity contribution in [2.75, 3.05) is 27.3 Å². The van der Waals surface area contributed by atoms with Crippen LogP contribution in [-0.2, 0) is 10.0 Å². The Labute approximate surface area is 171 Å². The third kappa shape index (κ3) is 4.38. The highest BCUT2D eigenvalue weighted by atomic mass is 32.2. The average Bonchev–Trinajstić information content (AvgIpc) is 3.22. The molecule has 0 spiro atoms. The van der Waals surface area contributed by atoms with E-state index in [1.165, 1.54) is 12.1 Å². The number of hydrogen-bond acceptors (Lipinski definition) is 5. The number of carbonyl (C=O) groups excluding carboxylic acids is 1. The van der Waals surface area contributed by atoms with Gasteiger partial charge in [0.2, 0.25) is 10.0 Å². The summed E-state index contributed by atoms with van der Waals surface area (Å²) in [5.74, 6) is 1.15. The number of sulfonamides is 1. The standard InChI is InChI=1S/C21H26N2O5S/c1-4-22-29(25,26)17-8-5-7-15(13-17)21(24)23-12-6-9-19(23)18-11-10-16(27-2)14-20(18)28-3/h5,7-8,10-11,13-14,19,22H,4,6,9,12H2,1-3H3/t19-/m0/s1. The fourth-order valence-corrected chi connectivity index (χ4v) is 4.75. The van der Waals surface area contributed by atoms with Gasteiger partial charge in [0.05, 0.1) is 25.2 Å². The lowest BCUT2D eigenvalue weighted by atomic mass is 10.0. The summed E-state index contributed by atoms with van der Waals surface area (Å²) in [5, 5.41) is 0. The predicted molar refractivity (Wildman–Crippen MR) is 110 cm³/mol. The first-order valence-electron chi connectivity index (χ1n) is 9.54. The lowest BCUT2D eigenvalue weighted by molar-refractivity contribution is 0.0734. The van der Waals surface area contributed by atoms with Gasteiger partial charge in [-0.2, -0.15) is 0 Å². The Morgan fingerprint density at radius 1 is 1.17 bits per heavy atom. The van der Waals surface area contributed by atoms with Crippen molar-refractivity contribution in [1.82, 2.24) is 9.62 Å². The molecule has 156 valence electrons. The van der Waals surface area contributed by atoms with Crippen molar-refractivity contribution in [2.24, 2.45) is 0 Å². The molecule has 1 atom stereocenters. The molecule has 0 aliphatic carbocycles. The van der Waals surface area contributed by atoms with E-state index in [9.17, 15) is 13.2 Å². The molecule has 0 radical (unpaired) electrons. The Balaban J connectivity index is 1.92. The number of benzene rings is 2. The van der Waals surface area contributed by atoms with Crippen molar-refractivity contribution >= 4 is 15.9 Å². The smallest absolute Gasteiger partial charge is 0.254 e. The Kier molecular flexibility index (Phi) is 6.44. The van der Waals surface area contributed by atoms with Crippen LogP contribution in [0.4, 0.5) is 0 Å². The van der Waals surface area contributed by atoms with Crippen LogP contribution < -0.4 is 14.2 Å². The minimum absolute atomic E-state index is 0.0861. The summed E-state index contributed by atoms with van der Waals surface area (Å²) in [6, 6.07) is 11.6. The van der Waals surface area contributed by atoms with E-state index in [4.69, 9.17) is 9.47 Å². The predicted octanol–water partition coefficient (Wildman–Crippen LogP) is 2.98. The van der Waals surface area contributed by atoms with E-state index >= 15 is 0 Å². The number of ether oxygens (including phenoxy) is 2. The van der Waals surface area contributed by atoms with Gasteiger partial charge >= 0.3 is 0 Å². The van der Waals surface area contributed by atoms with E-state index in [0.717, 1.165) is 18.4 Å². The van der Waals surface area contributed by atoms with Gasteiger partial charge in [-0.3, -0.25) is 4.79 Å². The van der Waals surface area contributed by atoms with Gasteiger partial charge in [0, 0.05) is 30.3 Å². The zero-order valence-electron chi connectivity index (χ0n) is 16.8. The second-order valence-corrected chi connectivity index (χ2v) is 8.56. The summed E-state index contributed by atoms with van der Waals surface area (Å²) in [4.78, 5) is 15.1. The second kappa shape index (κ2) is 8.84. The van der Waals surface area contributed by atoms with Gasteiger partial charge in [-0.05, 0) is 43.2 Å².